The molecule has 1 saturated heterocycles. The average molecular weight is 430 g/mol. The summed E-state index contributed by atoms with van der Waals surface area (Å²) in [7, 11) is 0. The van der Waals surface area contributed by atoms with Crippen molar-refractivity contribution in [1.29, 1.82) is 0 Å². The number of benzene rings is 1. The molecule has 1 aliphatic heterocycles. The Balaban J connectivity index is 0.00000196. The molecule has 0 bridgehead atoms. The molecule has 0 spiro atoms. The summed E-state index contributed by atoms with van der Waals surface area (Å²) >= 11 is 0. The van der Waals surface area contributed by atoms with Crippen molar-refractivity contribution >= 4 is 30.7 Å². The van der Waals surface area contributed by atoms with E-state index in [0.717, 1.165) is 11.3 Å². The number of carbonyl (C=O) groups is 1. The van der Waals surface area contributed by atoms with Gasteiger partial charge in [0, 0.05) is 25.4 Å². The molecule has 1 aromatic heterocycles. The minimum Gasteiger partial charge on any atom is -0.494 e. The number of halogens is 2. The largest absolute Gasteiger partial charge is 0.494 e. The Kier molecular flexibility index (Phi) is 10.0. The number of aromatic nitrogens is 1. The highest BCUT2D eigenvalue weighted by molar-refractivity contribution is 5.85. The number of ether oxygens (including phenoxy) is 2. The Labute approximate surface area is 176 Å². The predicted molar refractivity (Wildman–Crippen MR) is 111 cm³/mol. The molecule has 2 aromatic rings. The molecule has 3 N–H and O–H groups in total. The second-order valence-electron chi connectivity index (χ2n) is 6.08. The van der Waals surface area contributed by atoms with Gasteiger partial charge in [-0.15, -0.1) is 24.8 Å². The van der Waals surface area contributed by atoms with E-state index in [2.05, 4.69) is 15.6 Å². The molecule has 7 nitrogen and oxygen atoms in total. The topological polar surface area (TPSA) is 92.7 Å². The van der Waals surface area contributed by atoms with Crippen LogP contribution < -0.4 is 20.1 Å². The van der Waals surface area contributed by atoms with Crippen LogP contribution in [0, 0.1) is 0 Å². The molecule has 0 saturated carbocycles. The van der Waals surface area contributed by atoms with Gasteiger partial charge in [0.2, 0.25) is 11.8 Å². The molecule has 9 heteroatoms. The first-order chi connectivity index (χ1) is 12.6. The minimum absolute atomic E-state index is 0. The molecular formula is C19H25Cl2N3O4. The van der Waals surface area contributed by atoms with Crippen LogP contribution in [0.4, 0.5) is 0 Å². The van der Waals surface area contributed by atoms with Gasteiger partial charge in [-0.3, -0.25) is 4.79 Å². The van der Waals surface area contributed by atoms with Crippen LogP contribution in [0.3, 0.4) is 0 Å². The highest BCUT2D eigenvalue weighted by atomic mass is 35.5. The Morgan fingerprint density at radius 1 is 1.25 bits per heavy atom. The van der Waals surface area contributed by atoms with Crippen molar-refractivity contribution in [3.63, 3.8) is 0 Å². The van der Waals surface area contributed by atoms with Crippen LogP contribution in [-0.2, 0) is 11.3 Å². The van der Waals surface area contributed by atoms with E-state index in [1.807, 2.05) is 37.3 Å². The molecule has 1 fully saturated rings. The third-order valence-corrected chi connectivity index (χ3v) is 4.05. The maximum atomic E-state index is 12.1. The Morgan fingerprint density at radius 2 is 1.96 bits per heavy atom. The van der Waals surface area contributed by atoms with Crippen LogP contribution in [0.5, 0.6) is 17.4 Å². The smallest absolute Gasteiger partial charge is 0.237 e. The molecule has 0 aliphatic carbocycles. The first-order valence-electron chi connectivity index (χ1n) is 8.69. The number of aliphatic hydroxyl groups excluding tert-OH is 1. The highest BCUT2D eigenvalue weighted by Crippen LogP contribution is 2.23. The summed E-state index contributed by atoms with van der Waals surface area (Å²) in [6.07, 6.45) is 1.62. The van der Waals surface area contributed by atoms with E-state index in [9.17, 15) is 9.90 Å². The number of hydrogen-bond acceptors (Lipinski definition) is 6. The zero-order chi connectivity index (χ0) is 18.4. The van der Waals surface area contributed by atoms with Crippen LogP contribution in [-0.4, -0.2) is 41.3 Å². The molecule has 2 unspecified atom stereocenters. The summed E-state index contributed by atoms with van der Waals surface area (Å²) in [6.45, 7) is 3.37. The number of nitrogens with one attached hydrogen (secondary N) is 2. The number of nitrogens with zero attached hydrogens (tertiary/aromatic N) is 1. The summed E-state index contributed by atoms with van der Waals surface area (Å²) in [5.41, 5.74) is 0.882. The number of aliphatic hydroxyl groups is 1. The molecule has 1 aliphatic rings. The molecule has 154 valence electrons. The first-order valence-corrected chi connectivity index (χ1v) is 8.69. The minimum atomic E-state index is -0.458. The van der Waals surface area contributed by atoms with Crippen molar-refractivity contribution in [3.05, 3.63) is 48.2 Å². The van der Waals surface area contributed by atoms with Gasteiger partial charge < -0.3 is 25.2 Å². The summed E-state index contributed by atoms with van der Waals surface area (Å²) < 4.78 is 11.1. The molecule has 2 atom stereocenters. The standard InChI is InChI=1S/C19H23N3O4.2ClH/c1-2-25-15-3-5-16(6-4-15)26-18-9-13(7-8-20-18)11-22-19(24)17-10-14(23)12-21-17;;/h3-9,14,17,21,23H,2,10-12H2,1H3,(H,22,24);2*1H. The lowest BCUT2D eigenvalue weighted by atomic mass is 10.2. The lowest BCUT2D eigenvalue weighted by Crippen LogP contribution is -2.40. The van der Waals surface area contributed by atoms with E-state index in [1.165, 1.54) is 0 Å². The fraction of sp³-hybridized carbons (Fsp3) is 0.368. The molecule has 0 radical (unpaired) electrons. The van der Waals surface area contributed by atoms with E-state index in [-0.39, 0.29) is 36.8 Å². The van der Waals surface area contributed by atoms with Gasteiger partial charge in [0.15, 0.2) is 0 Å². The van der Waals surface area contributed by atoms with E-state index < -0.39 is 6.10 Å². The number of rotatable bonds is 7. The first kappa shape index (κ1) is 24.0. The monoisotopic (exact) mass is 429 g/mol. The van der Waals surface area contributed by atoms with Gasteiger partial charge in [0.1, 0.15) is 11.5 Å². The van der Waals surface area contributed by atoms with Gasteiger partial charge in [-0.25, -0.2) is 4.98 Å². The van der Waals surface area contributed by atoms with Crippen molar-refractivity contribution in [1.82, 2.24) is 15.6 Å². The van der Waals surface area contributed by atoms with E-state index in [0.29, 0.717) is 37.7 Å². The molecule has 2 heterocycles. The second-order valence-corrected chi connectivity index (χ2v) is 6.08. The Bertz CT molecular complexity index is 746. The van der Waals surface area contributed by atoms with Gasteiger partial charge in [-0.05, 0) is 49.2 Å². The molecular weight excluding hydrogens is 405 g/mol. The maximum Gasteiger partial charge on any atom is 0.237 e. The maximum absolute atomic E-state index is 12.1. The van der Waals surface area contributed by atoms with Crippen molar-refractivity contribution in [2.24, 2.45) is 0 Å². The van der Waals surface area contributed by atoms with Crippen LogP contribution in [0.15, 0.2) is 42.6 Å². The van der Waals surface area contributed by atoms with Gasteiger partial charge in [0.05, 0.1) is 18.8 Å². The fourth-order valence-corrected chi connectivity index (χ4v) is 2.74. The van der Waals surface area contributed by atoms with Crippen LogP contribution in [0.1, 0.15) is 18.9 Å². The number of carbonyl (C=O) groups excluding carboxylic acids is 1. The Hall–Kier alpha value is -2.06. The SMILES string of the molecule is CCOc1ccc(Oc2cc(CNC(=O)C3CC(O)CN3)ccn2)cc1.Cl.Cl. The van der Waals surface area contributed by atoms with Gasteiger partial charge in [0.25, 0.3) is 0 Å². The summed E-state index contributed by atoms with van der Waals surface area (Å²) in [5, 5.41) is 15.3. The van der Waals surface area contributed by atoms with Crippen LogP contribution >= 0.6 is 24.8 Å². The quantitative estimate of drug-likeness (QED) is 0.625. The Morgan fingerprint density at radius 3 is 2.61 bits per heavy atom. The normalized spacial score (nSPS) is 17.8. The van der Waals surface area contributed by atoms with Gasteiger partial charge in [-0.1, -0.05) is 0 Å². The fourth-order valence-electron chi connectivity index (χ4n) is 2.74. The van der Waals surface area contributed by atoms with Crippen LogP contribution in [0.25, 0.3) is 0 Å². The number of pyridine rings is 1. The second kappa shape index (κ2) is 11.7. The highest BCUT2D eigenvalue weighted by Gasteiger charge is 2.27. The number of hydrogen-bond donors (Lipinski definition) is 3. The summed E-state index contributed by atoms with van der Waals surface area (Å²) in [4.78, 5) is 16.3. The van der Waals surface area contributed by atoms with E-state index >= 15 is 0 Å². The molecule has 1 amide bonds. The zero-order valence-corrected chi connectivity index (χ0v) is 17.1. The van der Waals surface area contributed by atoms with Crippen LogP contribution in [0.2, 0.25) is 0 Å². The molecule has 3 rings (SSSR count). The van der Waals surface area contributed by atoms with Crippen molar-refractivity contribution in [3.8, 4) is 17.4 Å². The zero-order valence-electron chi connectivity index (χ0n) is 15.5. The van der Waals surface area contributed by atoms with E-state index in [1.54, 1.807) is 12.3 Å². The lowest BCUT2D eigenvalue weighted by molar-refractivity contribution is -0.123. The molecule has 28 heavy (non-hydrogen) atoms. The van der Waals surface area contributed by atoms with E-state index in [4.69, 9.17) is 9.47 Å². The summed E-state index contributed by atoms with van der Waals surface area (Å²) in [5.74, 6) is 1.78. The number of amides is 1. The summed E-state index contributed by atoms with van der Waals surface area (Å²) in [6, 6.07) is 10.6. The van der Waals surface area contributed by atoms with Gasteiger partial charge >= 0.3 is 0 Å². The van der Waals surface area contributed by atoms with Crippen molar-refractivity contribution < 1.29 is 19.4 Å². The third-order valence-electron chi connectivity index (χ3n) is 4.05. The van der Waals surface area contributed by atoms with Crippen molar-refractivity contribution in [2.45, 2.75) is 32.0 Å². The predicted octanol–water partition coefficient (Wildman–Crippen LogP) is 2.46. The average Bonchev–Trinajstić information content (AvgIpc) is 3.08. The lowest BCUT2D eigenvalue weighted by Gasteiger charge is -2.12. The third kappa shape index (κ3) is 6.83. The van der Waals surface area contributed by atoms with Crippen molar-refractivity contribution in [2.75, 3.05) is 13.2 Å². The van der Waals surface area contributed by atoms with Gasteiger partial charge in [-0.2, -0.15) is 0 Å². The molecule has 1 aromatic carbocycles. The number of β-amino-alcohol motifs (C(OH)–C–C–N with tert-alkyl or cyclic N) is 1.